The smallest absolute Gasteiger partial charge is 0.0762 e. The van der Waals surface area contributed by atoms with Crippen LogP contribution in [0.25, 0.3) is 0 Å². The van der Waals surface area contributed by atoms with E-state index in [-0.39, 0.29) is 6.61 Å². The van der Waals surface area contributed by atoms with Gasteiger partial charge in [-0.1, -0.05) is 24.3 Å². The SMILES string of the molecule is CC(C)n1ccc(CNCc2ccc(CO)cc2)n1. The Morgan fingerprint density at radius 3 is 2.37 bits per heavy atom. The van der Waals surface area contributed by atoms with E-state index in [0.717, 1.165) is 24.3 Å². The molecule has 4 nitrogen and oxygen atoms in total. The van der Waals surface area contributed by atoms with E-state index in [1.165, 1.54) is 5.56 Å². The predicted molar refractivity (Wildman–Crippen MR) is 75.5 cm³/mol. The molecule has 0 spiro atoms. The van der Waals surface area contributed by atoms with Gasteiger partial charge in [-0.3, -0.25) is 4.68 Å². The summed E-state index contributed by atoms with van der Waals surface area (Å²) in [7, 11) is 0. The van der Waals surface area contributed by atoms with Crippen LogP contribution in [0.5, 0.6) is 0 Å². The number of nitrogens with zero attached hydrogens (tertiary/aromatic N) is 2. The minimum Gasteiger partial charge on any atom is -0.392 e. The first kappa shape index (κ1) is 13.8. The Labute approximate surface area is 114 Å². The predicted octanol–water partition coefficient (Wildman–Crippen LogP) is 2.25. The summed E-state index contributed by atoms with van der Waals surface area (Å²) in [5.74, 6) is 0. The summed E-state index contributed by atoms with van der Waals surface area (Å²) in [6.07, 6.45) is 2.01. The van der Waals surface area contributed by atoms with Crippen LogP contribution >= 0.6 is 0 Å². The van der Waals surface area contributed by atoms with Crippen molar-refractivity contribution in [3.05, 3.63) is 53.3 Å². The summed E-state index contributed by atoms with van der Waals surface area (Å²) >= 11 is 0. The number of aromatic nitrogens is 2. The lowest BCUT2D eigenvalue weighted by atomic mass is 10.1. The molecule has 2 aromatic rings. The highest BCUT2D eigenvalue weighted by Gasteiger charge is 2.01. The third kappa shape index (κ3) is 3.91. The van der Waals surface area contributed by atoms with Gasteiger partial charge in [0.2, 0.25) is 0 Å². The molecule has 0 aliphatic carbocycles. The monoisotopic (exact) mass is 259 g/mol. The van der Waals surface area contributed by atoms with Crippen molar-refractivity contribution in [2.24, 2.45) is 0 Å². The highest BCUT2D eigenvalue weighted by Crippen LogP contribution is 2.06. The van der Waals surface area contributed by atoms with Crippen LogP contribution in [0.3, 0.4) is 0 Å². The van der Waals surface area contributed by atoms with Gasteiger partial charge < -0.3 is 10.4 Å². The lowest BCUT2D eigenvalue weighted by molar-refractivity contribution is 0.282. The molecule has 19 heavy (non-hydrogen) atoms. The zero-order chi connectivity index (χ0) is 13.7. The molecule has 102 valence electrons. The van der Waals surface area contributed by atoms with Crippen molar-refractivity contribution in [2.45, 2.75) is 39.6 Å². The van der Waals surface area contributed by atoms with Gasteiger partial charge >= 0.3 is 0 Å². The van der Waals surface area contributed by atoms with Crippen LogP contribution in [0.1, 0.15) is 36.7 Å². The highest BCUT2D eigenvalue weighted by atomic mass is 16.3. The second kappa shape index (κ2) is 6.50. The van der Waals surface area contributed by atoms with E-state index in [9.17, 15) is 0 Å². The van der Waals surface area contributed by atoms with Crippen molar-refractivity contribution in [1.29, 1.82) is 0 Å². The molecule has 4 heteroatoms. The summed E-state index contributed by atoms with van der Waals surface area (Å²) in [6, 6.07) is 10.4. The number of benzene rings is 1. The highest BCUT2D eigenvalue weighted by molar-refractivity contribution is 5.21. The molecule has 0 amide bonds. The third-order valence-corrected chi connectivity index (χ3v) is 3.03. The molecule has 1 aromatic heterocycles. The second-order valence-electron chi connectivity index (χ2n) is 4.96. The van der Waals surface area contributed by atoms with Gasteiger partial charge in [0.1, 0.15) is 0 Å². The van der Waals surface area contributed by atoms with Crippen LogP contribution in [-0.2, 0) is 19.7 Å². The van der Waals surface area contributed by atoms with E-state index in [2.05, 4.69) is 24.3 Å². The average molecular weight is 259 g/mol. The largest absolute Gasteiger partial charge is 0.392 e. The Morgan fingerprint density at radius 1 is 1.11 bits per heavy atom. The first-order chi connectivity index (χ1) is 9.19. The zero-order valence-corrected chi connectivity index (χ0v) is 11.5. The molecule has 0 atom stereocenters. The first-order valence-corrected chi connectivity index (χ1v) is 6.62. The van der Waals surface area contributed by atoms with Crippen molar-refractivity contribution in [1.82, 2.24) is 15.1 Å². The molecule has 0 unspecified atom stereocenters. The fourth-order valence-electron chi connectivity index (χ4n) is 1.86. The molecule has 0 aliphatic rings. The standard InChI is InChI=1S/C15H21N3O/c1-12(2)18-8-7-15(17-18)10-16-9-13-3-5-14(11-19)6-4-13/h3-8,12,16,19H,9-11H2,1-2H3. The van der Waals surface area contributed by atoms with Gasteiger partial charge in [-0.15, -0.1) is 0 Å². The minimum atomic E-state index is 0.0976. The van der Waals surface area contributed by atoms with Crippen LogP contribution < -0.4 is 5.32 Å². The van der Waals surface area contributed by atoms with Crippen LogP contribution in [0.15, 0.2) is 36.5 Å². The van der Waals surface area contributed by atoms with Crippen molar-refractivity contribution in [3.8, 4) is 0 Å². The lowest BCUT2D eigenvalue weighted by Crippen LogP contribution is -2.13. The van der Waals surface area contributed by atoms with E-state index in [4.69, 9.17) is 5.11 Å². The molecule has 0 saturated heterocycles. The Morgan fingerprint density at radius 2 is 1.79 bits per heavy atom. The molecule has 1 heterocycles. The van der Waals surface area contributed by atoms with E-state index >= 15 is 0 Å². The van der Waals surface area contributed by atoms with Crippen molar-refractivity contribution in [2.75, 3.05) is 0 Å². The van der Waals surface area contributed by atoms with Crippen LogP contribution in [-0.4, -0.2) is 14.9 Å². The Hall–Kier alpha value is -1.65. The quantitative estimate of drug-likeness (QED) is 0.836. The molecule has 0 bridgehead atoms. The third-order valence-electron chi connectivity index (χ3n) is 3.03. The van der Waals surface area contributed by atoms with Gasteiger partial charge in [0, 0.05) is 25.3 Å². The van der Waals surface area contributed by atoms with Crippen LogP contribution in [0.2, 0.25) is 0 Å². The molecular formula is C15H21N3O. The Balaban J connectivity index is 1.81. The molecule has 2 rings (SSSR count). The summed E-state index contributed by atoms with van der Waals surface area (Å²) in [5.41, 5.74) is 3.21. The van der Waals surface area contributed by atoms with Gasteiger partial charge in [-0.25, -0.2) is 0 Å². The summed E-state index contributed by atoms with van der Waals surface area (Å²) in [6.45, 7) is 5.90. The van der Waals surface area contributed by atoms with Crippen LogP contribution in [0, 0.1) is 0 Å². The molecule has 2 N–H and O–H groups in total. The van der Waals surface area contributed by atoms with Crippen molar-refractivity contribution < 1.29 is 5.11 Å². The van der Waals surface area contributed by atoms with E-state index < -0.39 is 0 Å². The first-order valence-electron chi connectivity index (χ1n) is 6.62. The number of hydrogen-bond acceptors (Lipinski definition) is 3. The summed E-state index contributed by atoms with van der Waals surface area (Å²) < 4.78 is 1.97. The van der Waals surface area contributed by atoms with Gasteiger partial charge in [-0.05, 0) is 31.0 Å². The van der Waals surface area contributed by atoms with Crippen molar-refractivity contribution >= 4 is 0 Å². The number of rotatable bonds is 6. The van der Waals surface area contributed by atoms with Crippen LogP contribution in [0.4, 0.5) is 0 Å². The number of aliphatic hydroxyl groups excluding tert-OH is 1. The topological polar surface area (TPSA) is 50.1 Å². The summed E-state index contributed by atoms with van der Waals surface area (Å²) in [4.78, 5) is 0. The average Bonchev–Trinajstić information content (AvgIpc) is 2.89. The maximum Gasteiger partial charge on any atom is 0.0762 e. The number of aliphatic hydroxyl groups is 1. The minimum absolute atomic E-state index is 0.0976. The van der Waals surface area contributed by atoms with Gasteiger partial charge in [0.05, 0.1) is 12.3 Å². The number of nitrogens with one attached hydrogen (secondary N) is 1. The normalized spacial score (nSPS) is 11.2. The maximum absolute atomic E-state index is 8.97. The zero-order valence-electron chi connectivity index (χ0n) is 11.5. The second-order valence-corrected chi connectivity index (χ2v) is 4.96. The molecule has 0 saturated carbocycles. The Bertz CT molecular complexity index is 502. The summed E-state index contributed by atoms with van der Waals surface area (Å²) in [5, 5.41) is 16.8. The fraction of sp³-hybridized carbons (Fsp3) is 0.400. The molecule has 0 fully saturated rings. The molecule has 0 aliphatic heterocycles. The van der Waals surface area contributed by atoms with Gasteiger partial charge in [0.15, 0.2) is 0 Å². The molecule has 1 aromatic carbocycles. The van der Waals surface area contributed by atoms with E-state index in [0.29, 0.717) is 6.04 Å². The molecule has 0 radical (unpaired) electrons. The van der Waals surface area contributed by atoms with E-state index in [1.54, 1.807) is 0 Å². The lowest BCUT2D eigenvalue weighted by Gasteiger charge is -2.05. The Kier molecular flexibility index (Phi) is 4.71. The maximum atomic E-state index is 8.97. The molecular weight excluding hydrogens is 238 g/mol. The van der Waals surface area contributed by atoms with Crippen molar-refractivity contribution in [3.63, 3.8) is 0 Å². The van der Waals surface area contributed by atoms with E-state index in [1.807, 2.05) is 41.2 Å². The fourth-order valence-corrected chi connectivity index (χ4v) is 1.86. The van der Waals surface area contributed by atoms with Gasteiger partial charge in [-0.2, -0.15) is 5.10 Å². The number of hydrogen-bond donors (Lipinski definition) is 2. The van der Waals surface area contributed by atoms with Gasteiger partial charge in [0.25, 0.3) is 0 Å².